The lowest BCUT2D eigenvalue weighted by Gasteiger charge is -2.32. The summed E-state index contributed by atoms with van der Waals surface area (Å²) >= 11 is 2.05. The summed E-state index contributed by atoms with van der Waals surface area (Å²) in [5, 5.41) is 3.67. The van der Waals surface area contributed by atoms with Gasteiger partial charge in [0.2, 0.25) is 0 Å². The average molecular weight is 247 g/mol. The molecule has 0 aromatic heterocycles. The highest BCUT2D eigenvalue weighted by molar-refractivity contribution is 7.99. The molecule has 92 valence electrons. The van der Waals surface area contributed by atoms with Crippen LogP contribution in [0.2, 0.25) is 0 Å². The Morgan fingerprint density at radius 3 is 2.82 bits per heavy atom. The average Bonchev–Trinajstić information content (AvgIpc) is 2.78. The van der Waals surface area contributed by atoms with Crippen LogP contribution in [0.1, 0.15) is 43.0 Å². The maximum atomic E-state index is 3.67. The predicted molar refractivity (Wildman–Crippen MR) is 74.8 cm³/mol. The van der Waals surface area contributed by atoms with Crippen LogP contribution >= 0.6 is 11.8 Å². The van der Waals surface area contributed by atoms with Crippen molar-refractivity contribution < 1.29 is 0 Å². The van der Waals surface area contributed by atoms with Crippen LogP contribution in [0, 0.1) is 5.92 Å². The normalized spacial score (nSPS) is 26.7. The van der Waals surface area contributed by atoms with Gasteiger partial charge in [0.1, 0.15) is 0 Å². The molecule has 3 rings (SSSR count). The van der Waals surface area contributed by atoms with Gasteiger partial charge in [0.25, 0.3) is 0 Å². The van der Waals surface area contributed by atoms with Gasteiger partial charge in [-0.3, -0.25) is 0 Å². The zero-order valence-corrected chi connectivity index (χ0v) is 11.6. The second-order valence-corrected chi connectivity index (χ2v) is 6.40. The molecule has 1 nitrogen and oxygen atoms in total. The monoisotopic (exact) mass is 247 g/mol. The summed E-state index contributed by atoms with van der Waals surface area (Å²) in [7, 11) is 0. The molecule has 2 aliphatic rings. The van der Waals surface area contributed by atoms with Gasteiger partial charge in [-0.2, -0.15) is 0 Å². The van der Waals surface area contributed by atoms with Gasteiger partial charge in [0, 0.05) is 16.7 Å². The van der Waals surface area contributed by atoms with E-state index in [1.54, 1.807) is 16.7 Å². The molecule has 1 aliphatic heterocycles. The summed E-state index contributed by atoms with van der Waals surface area (Å²) in [5.74, 6) is 2.00. The molecular formula is C15H21NS. The number of benzene rings is 1. The fourth-order valence-corrected chi connectivity index (χ4v) is 4.36. The van der Waals surface area contributed by atoms with E-state index in [1.807, 2.05) is 0 Å². The summed E-state index contributed by atoms with van der Waals surface area (Å²) in [6.45, 7) is 5.65. The van der Waals surface area contributed by atoms with Gasteiger partial charge >= 0.3 is 0 Å². The zero-order valence-electron chi connectivity index (χ0n) is 10.8. The van der Waals surface area contributed by atoms with Gasteiger partial charge in [-0.05, 0) is 54.5 Å². The minimum absolute atomic E-state index is 0.571. The Labute approximate surface area is 108 Å². The summed E-state index contributed by atoms with van der Waals surface area (Å²) in [5.41, 5.74) is 4.79. The van der Waals surface area contributed by atoms with Crippen molar-refractivity contribution in [2.45, 2.75) is 44.0 Å². The molecule has 0 saturated heterocycles. The Morgan fingerprint density at radius 2 is 2.06 bits per heavy atom. The van der Waals surface area contributed by atoms with Gasteiger partial charge < -0.3 is 5.32 Å². The maximum Gasteiger partial charge on any atom is 0.0365 e. The summed E-state index contributed by atoms with van der Waals surface area (Å²) in [6, 6.07) is 5.54. The van der Waals surface area contributed by atoms with Gasteiger partial charge in [0.05, 0.1) is 0 Å². The second kappa shape index (κ2) is 4.66. The first-order chi connectivity index (χ1) is 8.29. The number of hydrogen-bond donors (Lipinski definition) is 1. The van der Waals surface area contributed by atoms with Crippen LogP contribution in [0.4, 0.5) is 0 Å². The SMILES string of the molecule is CCNC1c2cc3c(cc2SCC1C)CCC3. The van der Waals surface area contributed by atoms with E-state index in [0.29, 0.717) is 6.04 Å². The van der Waals surface area contributed by atoms with Crippen molar-refractivity contribution >= 4 is 11.8 Å². The first-order valence-corrected chi connectivity index (χ1v) is 7.80. The van der Waals surface area contributed by atoms with Crippen LogP contribution in [-0.4, -0.2) is 12.3 Å². The van der Waals surface area contributed by atoms with Gasteiger partial charge in [-0.15, -0.1) is 11.8 Å². The lowest BCUT2D eigenvalue weighted by molar-refractivity contribution is 0.416. The minimum Gasteiger partial charge on any atom is -0.310 e. The third-order valence-electron chi connectivity index (χ3n) is 4.05. The molecule has 1 heterocycles. The van der Waals surface area contributed by atoms with E-state index in [4.69, 9.17) is 0 Å². The van der Waals surface area contributed by atoms with Crippen molar-refractivity contribution in [3.63, 3.8) is 0 Å². The molecular weight excluding hydrogens is 226 g/mol. The van der Waals surface area contributed by atoms with E-state index in [2.05, 4.69) is 43.1 Å². The van der Waals surface area contributed by atoms with Crippen molar-refractivity contribution in [1.82, 2.24) is 5.32 Å². The summed E-state index contributed by atoms with van der Waals surface area (Å²) in [6.07, 6.45) is 3.94. The Balaban J connectivity index is 2.02. The second-order valence-electron chi connectivity index (χ2n) is 5.34. The van der Waals surface area contributed by atoms with Gasteiger partial charge in [0.15, 0.2) is 0 Å². The third kappa shape index (κ3) is 2.02. The van der Waals surface area contributed by atoms with Crippen molar-refractivity contribution in [2.75, 3.05) is 12.3 Å². The first kappa shape index (κ1) is 11.6. The molecule has 0 saturated carbocycles. The molecule has 1 N–H and O–H groups in total. The van der Waals surface area contributed by atoms with E-state index in [0.717, 1.165) is 12.5 Å². The summed E-state index contributed by atoms with van der Waals surface area (Å²) in [4.78, 5) is 1.54. The van der Waals surface area contributed by atoms with Crippen LogP contribution in [0.5, 0.6) is 0 Å². The lowest BCUT2D eigenvalue weighted by Crippen LogP contribution is -2.31. The Kier molecular flexibility index (Phi) is 3.18. The van der Waals surface area contributed by atoms with Crippen molar-refractivity contribution in [3.05, 3.63) is 28.8 Å². The third-order valence-corrected chi connectivity index (χ3v) is 5.41. The minimum atomic E-state index is 0.571. The van der Waals surface area contributed by atoms with Crippen molar-refractivity contribution in [3.8, 4) is 0 Å². The highest BCUT2D eigenvalue weighted by Crippen LogP contribution is 2.42. The van der Waals surface area contributed by atoms with E-state index >= 15 is 0 Å². The molecule has 17 heavy (non-hydrogen) atoms. The Morgan fingerprint density at radius 1 is 1.29 bits per heavy atom. The van der Waals surface area contributed by atoms with Crippen LogP contribution < -0.4 is 5.32 Å². The molecule has 1 aromatic rings. The smallest absolute Gasteiger partial charge is 0.0365 e. The molecule has 0 amide bonds. The quantitative estimate of drug-likeness (QED) is 0.857. The maximum absolute atomic E-state index is 3.67. The molecule has 0 fully saturated rings. The van der Waals surface area contributed by atoms with Gasteiger partial charge in [-0.25, -0.2) is 0 Å². The van der Waals surface area contributed by atoms with E-state index in [1.165, 1.54) is 29.9 Å². The molecule has 0 radical (unpaired) electrons. The highest BCUT2D eigenvalue weighted by Gasteiger charge is 2.28. The van der Waals surface area contributed by atoms with Crippen molar-refractivity contribution in [1.29, 1.82) is 0 Å². The molecule has 2 heteroatoms. The van der Waals surface area contributed by atoms with Crippen LogP contribution in [-0.2, 0) is 12.8 Å². The number of thioether (sulfide) groups is 1. The zero-order chi connectivity index (χ0) is 11.8. The van der Waals surface area contributed by atoms with Crippen LogP contribution in [0.15, 0.2) is 17.0 Å². The standard InChI is InChI=1S/C15H21NS/c1-3-16-15-10(2)9-17-14-8-12-6-4-5-11(12)7-13(14)15/h7-8,10,15-16H,3-6,9H2,1-2H3. The molecule has 0 bridgehead atoms. The van der Waals surface area contributed by atoms with Gasteiger partial charge in [-0.1, -0.05) is 19.9 Å². The van der Waals surface area contributed by atoms with E-state index in [-0.39, 0.29) is 0 Å². The number of aryl methyl sites for hydroxylation is 2. The molecule has 2 atom stereocenters. The van der Waals surface area contributed by atoms with Crippen LogP contribution in [0.3, 0.4) is 0 Å². The topological polar surface area (TPSA) is 12.0 Å². The number of rotatable bonds is 2. The summed E-state index contributed by atoms with van der Waals surface area (Å²) < 4.78 is 0. The molecule has 2 unspecified atom stereocenters. The Bertz CT molecular complexity index is 427. The predicted octanol–water partition coefficient (Wildman–Crippen LogP) is 3.57. The van der Waals surface area contributed by atoms with Crippen molar-refractivity contribution in [2.24, 2.45) is 5.92 Å². The van der Waals surface area contributed by atoms with Crippen LogP contribution in [0.25, 0.3) is 0 Å². The fourth-order valence-electron chi connectivity index (χ4n) is 3.14. The van der Waals surface area contributed by atoms with E-state index in [9.17, 15) is 0 Å². The Hall–Kier alpha value is -0.470. The molecule has 0 spiro atoms. The number of nitrogens with one attached hydrogen (secondary N) is 1. The first-order valence-electron chi connectivity index (χ1n) is 6.81. The lowest BCUT2D eigenvalue weighted by atomic mass is 9.92. The van der Waals surface area contributed by atoms with E-state index < -0.39 is 0 Å². The largest absolute Gasteiger partial charge is 0.310 e. The molecule has 1 aliphatic carbocycles. The highest BCUT2D eigenvalue weighted by atomic mass is 32.2. The number of hydrogen-bond acceptors (Lipinski definition) is 2. The molecule has 1 aromatic carbocycles. The number of fused-ring (bicyclic) bond motifs is 2. The fraction of sp³-hybridized carbons (Fsp3) is 0.600.